The van der Waals surface area contributed by atoms with Crippen molar-refractivity contribution in [2.75, 3.05) is 0 Å². The van der Waals surface area contributed by atoms with E-state index in [9.17, 15) is 14.4 Å². The van der Waals surface area contributed by atoms with Gasteiger partial charge in [-0.2, -0.15) is 0 Å². The summed E-state index contributed by atoms with van der Waals surface area (Å²) in [4.78, 5) is 36.1. The molecule has 12 aliphatic carbocycles. The fourth-order valence-corrected chi connectivity index (χ4v) is 24.8. The first-order chi connectivity index (χ1) is 37.8. The standard InChI is InChI=1S/C24H40O.C24H38O.C24H36O.I3.I2.HI/c3*1-6-15(2)19-7-8-20-22-16(3)13-17-14-18(25)9-11-23(17,4)21(22)10-12-24(19,20)5;1-3-2;1-2;/h15-17,19-22H,6-14H2,1-5H3;9,11,15-17,19-22H,6-8,10,12-14H2,1-5H3;9,11,14-16,19-22H,6-8,10,12-13H2,1-5H3;;;1H/q;;;-1;;/t2*15-,16-,17+,19-,20?,21?,22?,23+,24-;15-,16-,19-,20?,21?,22?,23+,24-;;;/m111.../s1. The number of carbonyl (C=O) groups excluding carboxylic acids is 3. The van der Waals surface area contributed by atoms with Gasteiger partial charge < -0.3 is 0 Å². The number of fused-ring (bicyclic) bond motifs is 15. The fraction of sp³-hybridized carbons (Fsp3) is 0.875. The molecule has 0 aliphatic heterocycles. The van der Waals surface area contributed by atoms with E-state index in [1.54, 1.807) is 0 Å². The molecule has 0 aromatic carbocycles. The average Bonchev–Trinajstić information content (AvgIpc) is 4.15. The van der Waals surface area contributed by atoms with Crippen molar-refractivity contribution in [1.82, 2.24) is 0 Å². The zero-order valence-corrected chi connectivity index (χ0v) is 66.6. The summed E-state index contributed by atoms with van der Waals surface area (Å²) in [5.74, 6) is 18.0. The molecule has 0 aromatic heterocycles. The van der Waals surface area contributed by atoms with Crippen molar-refractivity contribution < 1.29 is 27.6 Å². The van der Waals surface area contributed by atoms with Crippen LogP contribution in [0.4, 0.5) is 0 Å². The second-order valence-corrected chi connectivity index (χ2v) is 48.3. The van der Waals surface area contributed by atoms with Crippen LogP contribution < -0.4 is 13.3 Å². The van der Waals surface area contributed by atoms with Crippen molar-refractivity contribution in [3.05, 3.63) is 36.0 Å². The first-order valence-corrected chi connectivity index (χ1v) is 52.4. The van der Waals surface area contributed by atoms with Gasteiger partial charge in [-0.25, -0.2) is 0 Å². The van der Waals surface area contributed by atoms with Crippen molar-refractivity contribution in [1.29, 1.82) is 0 Å². The van der Waals surface area contributed by atoms with Crippen LogP contribution in [-0.4, -0.2) is 17.3 Å². The fourth-order valence-electron chi connectivity index (χ4n) is 24.8. The van der Waals surface area contributed by atoms with E-state index in [2.05, 4.69) is 190 Å². The Hall–Kier alpha value is 2.61. The van der Waals surface area contributed by atoms with Crippen LogP contribution in [0.15, 0.2) is 36.0 Å². The van der Waals surface area contributed by atoms with Gasteiger partial charge in [0.05, 0.1) is 0 Å². The molecular formula is C72H115I6O3-. The van der Waals surface area contributed by atoms with Gasteiger partial charge in [0, 0.05) is 61.9 Å². The summed E-state index contributed by atoms with van der Waals surface area (Å²) < 4.78 is 0. The van der Waals surface area contributed by atoms with Crippen molar-refractivity contribution in [3.63, 3.8) is 0 Å². The molecule has 10 saturated carbocycles. The minimum atomic E-state index is 0. The number of allylic oxidation sites excluding steroid dienone is 6. The van der Waals surface area contributed by atoms with Crippen LogP contribution >= 0.6 is 98.4 Å². The van der Waals surface area contributed by atoms with Gasteiger partial charge in [-0.15, -0.1) is 24.0 Å². The molecule has 9 unspecified atom stereocenters. The van der Waals surface area contributed by atoms with E-state index in [1.165, 1.54) is 121 Å². The van der Waals surface area contributed by atoms with Crippen LogP contribution in [-0.2, 0) is 14.4 Å². The summed E-state index contributed by atoms with van der Waals surface area (Å²) in [7, 11) is 0. The summed E-state index contributed by atoms with van der Waals surface area (Å²) in [6, 6.07) is 0. The third-order valence-corrected chi connectivity index (χ3v) is 29.4. The molecule has 0 aromatic rings. The number of rotatable bonds is 6. The Balaban J connectivity index is 0.000000167. The van der Waals surface area contributed by atoms with Crippen LogP contribution in [0.3, 0.4) is 0 Å². The van der Waals surface area contributed by atoms with Gasteiger partial charge in [0.2, 0.25) is 0 Å². The quantitative estimate of drug-likeness (QED) is 0.249. The molecule has 12 aliphatic rings. The van der Waals surface area contributed by atoms with Crippen LogP contribution in [0, 0.1) is 151 Å². The molecule has 9 heteroatoms. The molecule has 0 saturated heterocycles. The van der Waals surface area contributed by atoms with Crippen LogP contribution in [0.25, 0.3) is 0 Å². The molecule has 12 rings (SSSR count). The number of hydrogen-bond acceptors (Lipinski definition) is 3. The molecule has 0 heterocycles. The summed E-state index contributed by atoms with van der Waals surface area (Å²) in [5.41, 5.74) is 4.02. The Morgan fingerprint density at radius 3 is 1.42 bits per heavy atom. The first-order valence-electron chi connectivity index (χ1n) is 33.5. The number of hydrogen-bond donors (Lipinski definition) is 0. The molecule has 464 valence electrons. The van der Waals surface area contributed by atoms with Crippen LogP contribution in [0.5, 0.6) is 0 Å². The molecule has 0 amide bonds. The number of Topliss-reactive ketones (excluding diaryl/α,β-unsaturated/α-hetero) is 1. The average molecular weight is 1790 g/mol. The second kappa shape index (κ2) is 28.6. The van der Waals surface area contributed by atoms with Crippen LogP contribution in [0.2, 0.25) is 0 Å². The van der Waals surface area contributed by atoms with Crippen molar-refractivity contribution in [2.45, 2.75) is 245 Å². The van der Waals surface area contributed by atoms with Crippen LogP contribution in [0.1, 0.15) is 245 Å². The predicted octanol–water partition coefficient (Wildman–Crippen LogP) is 20.2. The van der Waals surface area contributed by atoms with Gasteiger partial charge >= 0.3 is 50.5 Å². The maximum atomic E-state index is 12.1. The Morgan fingerprint density at radius 2 is 0.938 bits per heavy atom. The molecule has 81 heavy (non-hydrogen) atoms. The van der Waals surface area contributed by atoms with Gasteiger partial charge in [-0.3, -0.25) is 14.4 Å². The molecule has 26 atom stereocenters. The van der Waals surface area contributed by atoms with Crippen molar-refractivity contribution in [3.8, 4) is 0 Å². The molecule has 3 nitrogen and oxygen atoms in total. The molecule has 0 radical (unpaired) electrons. The zero-order valence-electron chi connectivity index (χ0n) is 53.5. The summed E-state index contributed by atoms with van der Waals surface area (Å²) in [6.07, 6.45) is 39.0. The van der Waals surface area contributed by atoms with E-state index in [1.807, 2.05) is 18.2 Å². The molecule has 0 spiro atoms. The van der Waals surface area contributed by atoms with Gasteiger partial charge in [0.1, 0.15) is 5.78 Å². The van der Waals surface area contributed by atoms with E-state index in [0.717, 1.165) is 132 Å². The first kappa shape index (κ1) is 71.1. The van der Waals surface area contributed by atoms with Crippen molar-refractivity contribution >= 4 is 116 Å². The Labute approximate surface area is 568 Å². The third kappa shape index (κ3) is 12.9. The SMILES string of the molecule is CC[C@@H](C)[C@H]1CCC2C3C(CC[C@@]21C)[C@@]1(C)C=CC(=O)C=C1C[C@H]3C.CC[C@@H](C)[C@H]1CCC2C3C(CC[C@@]21C)[C@@]1(C)C=CC(=O)C[C@@H]1C[C@H]3C.CC[C@@H](C)[C@H]1CCC2C3C(CC[C@@]21C)[C@@]1(C)CCC(=O)C[C@@H]1C[C@H]3C.I.II.I[I-]I. The van der Waals surface area contributed by atoms with E-state index >= 15 is 0 Å². The summed E-state index contributed by atoms with van der Waals surface area (Å²) in [6.45, 7) is 37.6. The van der Waals surface area contributed by atoms with Crippen molar-refractivity contribution in [2.24, 2.45) is 151 Å². The van der Waals surface area contributed by atoms with Gasteiger partial charge in [0.25, 0.3) is 0 Å². The Kier molecular flexibility index (Phi) is 25.1. The molecular weight excluding hydrogens is 1670 g/mol. The third-order valence-electron chi connectivity index (χ3n) is 29.4. The number of halogens is 6. The van der Waals surface area contributed by atoms with Gasteiger partial charge in [-0.1, -0.05) is 141 Å². The van der Waals surface area contributed by atoms with E-state index in [0.29, 0.717) is 58.3 Å². The van der Waals surface area contributed by atoms with Gasteiger partial charge in [0.15, 0.2) is 11.6 Å². The van der Waals surface area contributed by atoms with E-state index < -0.39 is 0 Å². The normalized spacial score (nSPS) is 48.7. The predicted molar refractivity (Wildman–Crippen MR) is 384 cm³/mol. The molecule has 10 fully saturated rings. The summed E-state index contributed by atoms with van der Waals surface area (Å²) >= 11 is 9.54. The molecule has 0 N–H and O–H groups in total. The minimum absolute atomic E-state index is 0. The Morgan fingerprint density at radius 1 is 0.519 bits per heavy atom. The van der Waals surface area contributed by atoms with Gasteiger partial charge in [-0.05, 0) is 266 Å². The summed E-state index contributed by atoms with van der Waals surface area (Å²) in [5, 5.41) is 0. The van der Waals surface area contributed by atoms with E-state index in [4.69, 9.17) is 0 Å². The maximum absolute atomic E-state index is 12.1. The Bertz CT molecular complexity index is 2280. The monoisotopic (exact) mass is 1790 g/mol. The number of carbonyl (C=O) groups is 3. The zero-order chi connectivity index (χ0) is 58.7. The topological polar surface area (TPSA) is 51.2 Å². The second-order valence-electron chi connectivity index (χ2n) is 32.1. The van der Waals surface area contributed by atoms with E-state index in [-0.39, 0.29) is 40.6 Å². The molecule has 0 bridgehead atoms. The number of ketones is 3.